The molecule has 0 aromatic carbocycles. The van der Waals surface area contributed by atoms with Gasteiger partial charge in [-0.2, -0.15) is 13.1 Å². The predicted octanol–water partition coefficient (Wildman–Crippen LogP) is 0.197. The van der Waals surface area contributed by atoms with Crippen LogP contribution in [0.2, 0.25) is 0 Å². The molecule has 0 amide bonds. The number of nitrogens with one attached hydrogen (secondary N) is 3. The van der Waals surface area contributed by atoms with Crippen molar-refractivity contribution in [2.24, 2.45) is 0 Å². The molecule has 2 heterocycles. The summed E-state index contributed by atoms with van der Waals surface area (Å²) in [7, 11) is -3.44. The van der Waals surface area contributed by atoms with Crippen molar-refractivity contribution in [2.75, 3.05) is 11.3 Å². The average Bonchev–Trinajstić information content (AvgIpc) is 2.95. The number of thiazole rings is 1. The lowest BCUT2D eigenvalue weighted by Gasteiger charge is -2.09. The highest BCUT2D eigenvalue weighted by molar-refractivity contribution is 7.91. The number of hydrogen-bond acceptors (Lipinski definition) is 5. The molecule has 3 N–H and O–H groups in total. The Hall–Kier alpha value is -0.700. The van der Waals surface area contributed by atoms with Crippen LogP contribution in [-0.4, -0.2) is 26.0 Å². The van der Waals surface area contributed by atoms with Crippen LogP contribution in [0.4, 0.5) is 5.13 Å². The van der Waals surface area contributed by atoms with E-state index in [4.69, 9.17) is 0 Å². The lowest BCUT2D eigenvalue weighted by molar-refractivity contribution is 0.586. The van der Waals surface area contributed by atoms with Crippen LogP contribution in [0.15, 0.2) is 0 Å². The number of nitrogens with zero attached hydrogens (tertiary/aromatic N) is 1. The van der Waals surface area contributed by atoms with Crippen LogP contribution in [-0.2, 0) is 23.2 Å². The number of hydrogen-bond donors (Lipinski definition) is 3. The SMILES string of the molecule is O=S(=O)(Nc1nc2c(s1)CNCC2)NC1CC1. The fraction of sp³-hybridized carbons (Fsp3) is 0.667. The first-order valence-corrected chi connectivity index (χ1v) is 7.92. The van der Waals surface area contributed by atoms with Crippen LogP contribution in [0.5, 0.6) is 0 Å². The molecule has 0 bridgehead atoms. The summed E-state index contributed by atoms with van der Waals surface area (Å²) in [6.45, 7) is 1.69. The Morgan fingerprint density at radius 3 is 2.94 bits per heavy atom. The van der Waals surface area contributed by atoms with E-state index >= 15 is 0 Å². The number of fused-ring (bicyclic) bond motifs is 1. The molecule has 0 spiro atoms. The molecule has 1 aromatic heterocycles. The van der Waals surface area contributed by atoms with Gasteiger partial charge in [0.1, 0.15) is 0 Å². The van der Waals surface area contributed by atoms with Crippen LogP contribution >= 0.6 is 11.3 Å². The molecule has 0 saturated heterocycles. The molecule has 1 aliphatic heterocycles. The van der Waals surface area contributed by atoms with Gasteiger partial charge in [0.15, 0.2) is 5.13 Å². The molecule has 1 saturated carbocycles. The largest absolute Gasteiger partial charge is 0.311 e. The summed E-state index contributed by atoms with van der Waals surface area (Å²) in [4.78, 5) is 5.44. The van der Waals surface area contributed by atoms with Crippen LogP contribution in [0.3, 0.4) is 0 Å². The molecule has 0 unspecified atom stereocenters. The van der Waals surface area contributed by atoms with Gasteiger partial charge in [-0.15, -0.1) is 0 Å². The van der Waals surface area contributed by atoms with Gasteiger partial charge in [-0.25, -0.2) is 9.71 Å². The minimum Gasteiger partial charge on any atom is -0.311 e. The van der Waals surface area contributed by atoms with Gasteiger partial charge >= 0.3 is 10.2 Å². The molecular formula is C9H14N4O2S2. The van der Waals surface area contributed by atoms with E-state index in [1.54, 1.807) is 0 Å². The topological polar surface area (TPSA) is 83.1 Å². The van der Waals surface area contributed by atoms with Crippen LogP contribution in [0.1, 0.15) is 23.4 Å². The van der Waals surface area contributed by atoms with Gasteiger partial charge in [-0.1, -0.05) is 11.3 Å². The monoisotopic (exact) mass is 274 g/mol. The van der Waals surface area contributed by atoms with E-state index in [9.17, 15) is 8.42 Å². The van der Waals surface area contributed by atoms with Gasteiger partial charge in [-0.05, 0) is 12.8 Å². The van der Waals surface area contributed by atoms with Crippen molar-refractivity contribution in [1.29, 1.82) is 0 Å². The fourth-order valence-electron chi connectivity index (χ4n) is 1.73. The first-order chi connectivity index (χ1) is 8.12. The van der Waals surface area contributed by atoms with Crippen molar-refractivity contribution >= 4 is 26.7 Å². The van der Waals surface area contributed by atoms with Crippen molar-refractivity contribution < 1.29 is 8.42 Å². The van der Waals surface area contributed by atoms with E-state index < -0.39 is 10.2 Å². The Morgan fingerprint density at radius 1 is 1.41 bits per heavy atom. The van der Waals surface area contributed by atoms with E-state index in [-0.39, 0.29) is 6.04 Å². The Kier molecular flexibility index (Phi) is 2.81. The highest BCUT2D eigenvalue weighted by Crippen LogP contribution is 2.26. The molecule has 0 radical (unpaired) electrons. The normalized spacial score (nSPS) is 20.0. The van der Waals surface area contributed by atoms with Gasteiger partial charge in [0.2, 0.25) is 0 Å². The number of anilines is 1. The van der Waals surface area contributed by atoms with E-state index in [1.165, 1.54) is 11.3 Å². The first-order valence-electron chi connectivity index (χ1n) is 5.62. The Labute approximate surface area is 104 Å². The van der Waals surface area contributed by atoms with E-state index in [0.717, 1.165) is 42.9 Å². The van der Waals surface area contributed by atoms with Crippen LogP contribution in [0.25, 0.3) is 0 Å². The maximum atomic E-state index is 11.7. The third kappa shape index (κ3) is 2.76. The lowest BCUT2D eigenvalue weighted by Crippen LogP contribution is -2.31. The third-order valence-corrected chi connectivity index (χ3v) is 4.97. The first kappa shape index (κ1) is 11.4. The van der Waals surface area contributed by atoms with Gasteiger partial charge < -0.3 is 5.32 Å². The van der Waals surface area contributed by atoms with E-state index in [0.29, 0.717) is 5.13 Å². The molecule has 17 heavy (non-hydrogen) atoms. The van der Waals surface area contributed by atoms with Crippen molar-refractivity contribution in [3.63, 3.8) is 0 Å². The molecular weight excluding hydrogens is 260 g/mol. The Balaban J connectivity index is 1.73. The second kappa shape index (κ2) is 4.20. The zero-order valence-corrected chi connectivity index (χ0v) is 10.8. The molecule has 0 atom stereocenters. The highest BCUT2D eigenvalue weighted by atomic mass is 32.2. The molecule has 94 valence electrons. The molecule has 8 heteroatoms. The van der Waals surface area contributed by atoms with Gasteiger partial charge in [0.05, 0.1) is 5.69 Å². The average molecular weight is 274 g/mol. The summed E-state index contributed by atoms with van der Waals surface area (Å²) in [5.41, 5.74) is 1.01. The molecule has 6 nitrogen and oxygen atoms in total. The molecule has 1 aromatic rings. The lowest BCUT2D eigenvalue weighted by atomic mass is 10.2. The van der Waals surface area contributed by atoms with Gasteiger partial charge in [0, 0.05) is 30.4 Å². The predicted molar refractivity (Wildman–Crippen MR) is 66.2 cm³/mol. The van der Waals surface area contributed by atoms with E-state index in [1.807, 2.05) is 0 Å². The molecule has 1 fully saturated rings. The maximum absolute atomic E-state index is 11.7. The maximum Gasteiger partial charge on any atom is 0.301 e. The minimum atomic E-state index is -3.44. The van der Waals surface area contributed by atoms with Crippen molar-refractivity contribution in [3.05, 3.63) is 10.6 Å². The van der Waals surface area contributed by atoms with E-state index in [2.05, 4.69) is 19.7 Å². The highest BCUT2D eigenvalue weighted by Gasteiger charge is 2.27. The second-order valence-electron chi connectivity index (χ2n) is 4.31. The standard InChI is InChI=1S/C9H14N4O2S2/c14-17(15,12-6-1-2-6)13-9-11-7-3-4-10-5-8(7)16-9/h6,10,12H,1-5H2,(H,11,13). The third-order valence-electron chi connectivity index (χ3n) is 2.72. The van der Waals surface area contributed by atoms with Crippen LogP contribution < -0.4 is 14.8 Å². The van der Waals surface area contributed by atoms with Crippen molar-refractivity contribution in [1.82, 2.24) is 15.0 Å². The minimum absolute atomic E-state index is 0.115. The number of rotatable bonds is 4. The Morgan fingerprint density at radius 2 is 2.24 bits per heavy atom. The van der Waals surface area contributed by atoms with Gasteiger partial charge in [-0.3, -0.25) is 0 Å². The number of aromatic nitrogens is 1. The molecule has 2 aliphatic rings. The molecule has 3 rings (SSSR count). The van der Waals surface area contributed by atoms with Crippen molar-refractivity contribution in [2.45, 2.75) is 31.8 Å². The summed E-state index contributed by atoms with van der Waals surface area (Å²) in [5, 5.41) is 3.70. The summed E-state index contributed by atoms with van der Waals surface area (Å²) < 4.78 is 28.4. The fourth-order valence-corrected chi connectivity index (χ4v) is 4.07. The zero-order valence-electron chi connectivity index (χ0n) is 9.19. The second-order valence-corrected chi connectivity index (χ2v) is 6.84. The summed E-state index contributed by atoms with van der Waals surface area (Å²) in [6.07, 6.45) is 2.72. The zero-order chi connectivity index (χ0) is 11.9. The summed E-state index contributed by atoms with van der Waals surface area (Å²) in [5.74, 6) is 0. The van der Waals surface area contributed by atoms with Crippen LogP contribution in [0, 0.1) is 0 Å². The molecule has 1 aliphatic carbocycles. The quantitative estimate of drug-likeness (QED) is 0.732. The smallest absolute Gasteiger partial charge is 0.301 e. The van der Waals surface area contributed by atoms with Crippen molar-refractivity contribution in [3.8, 4) is 0 Å². The Bertz CT molecular complexity index is 498. The summed E-state index contributed by atoms with van der Waals surface area (Å²) >= 11 is 1.41. The summed E-state index contributed by atoms with van der Waals surface area (Å²) in [6, 6.07) is 0.115. The van der Waals surface area contributed by atoms with Gasteiger partial charge in [0.25, 0.3) is 0 Å².